The van der Waals surface area contributed by atoms with Crippen LogP contribution in [0.1, 0.15) is 27.2 Å². The second-order valence-corrected chi connectivity index (χ2v) is 5.43. The van der Waals surface area contributed by atoms with Gasteiger partial charge in [-0.3, -0.25) is 0 Å². The summed E-state index contributed by atoms with van der Waals surface area (Å²) in [7, 11) is 4.24. The van der Waals surface area contributed by atoms with Crippen LogP contribution in [0.15, 0.2) is 0 Å². The Morgan fingerprint density at radius 1 is 1.12 bits per heavy atom. The summed E-state index contributed by atoms with van der Waals surface area (Å²) in [5.74, 6) is 1.35. The van der Waals surface area contributed by atoms with Gasteiger partial charge < -0.3 is 15.0 Å². The molecule has 0 amide bonds. The first-order valence-electron chi connectivity index (χ1n) is 6.53. The Morgan fingerprint density at radius 3 is 2.31 bits per heavy atom. The van der Waals surface area contributed by atoms with E-state index in [9.17, 15) is 0 Å². The maximum absolute atomic E-state index is 5.83. The lowest BCUT2D eigenvalue weighted by Gasteiger charge is -2.19. The quantitative estimate of drug-likeness (QED) is 0.699. The highest BCUT2D eigenvalue weighted by Gasteiger charge is 2.36. The Kier molecular flexibility index (Phi) is 5.73. The molecule has 0 radical (unpaired) electrons. The van der Waals surface area contributed by atoms with Gasteiger partial charge in [0.05, 0.1) is 12.2 Å². The highest BCUT2D eigenvalue weighted by Crippen LogP contribution is 2.31. The molecule has 96 valence electrons. The number of hydrogen-bond donors (Lipinski definition) is 1. The fraction of sp³-hybridized carbons (Fsp3) is 1.00. The van der Waals surface area contributed by atoms with E-state index in [1.807, 2.05) is 0 Å². The van der Waals surface area contributed by atoms with Crippen LogP contribution in [0.2, 0.25) is 0 Å². The molecule has 0 aromatic heterocycles. The van der Waals surface area contributed by atoms with E-state index in [-0.39, 0.29) is 0 Å². The van der Waals surface area contributed by atoms with Crippen molar-refractivity contribution in [1.82, 2.24) is 10.2 Å². The van der Waals surface area contributed by atoms with Gasteiger partial charge in [-0.25, -0.2) is 0 Å². The molecule has 16 heavy (non-hydrogen) atoms. The van der Waals surface area contributed by atoms with Crippen LogP contribution in [0.25, 0.3) is 0 Å². The zero-order valence-corrected chi connectivity index (χ0v) is 11.5. The third-order valence-corrected chi connectivity index (χ3v) is 3.79. The topological polar surface area (TPSA) is 24.5 Å². The third-order valence-electron chi connectivity index (χ3n) is 3.79. The van der Waals surface area contributed by atoms with E-state index >= 15 is 0 Å². The predicted octanol–water partition coefficient (Wildman–Crippen LogP) is 1.59. The Bertz CT molecular complexity index is 196. The molecule has 4 atom stereocenters. The molecule has 1 heterocycles. The molecule has 3 nitrogen and oxygen atoms in total. The molecule has 1 rings (SSSR count). The molecule has 3 heteroatoms. The largest absolute Gasteiger partial charge is 0.375 e. The van der Waals surface area contributed by atoms with Gasteiger partial charge in [0.1, 0.15) is 0 Å². The molecule has 0 aromatic rings. The molecule has 4 unspecified atom stereocenters. The van der Waals surface area contributed by atoms with Crippen LogP contribution in [0.4, 0.5) is 0 Å². The van der Waals surface area contributed by atoms with Crippen molar-refractivity contribution < 1.29 is 4.74 Å². The molecule has 1 aliphatic rings. The zero-order chi connectivity index (χ0) is 12.1. The normalized spacial score (nSPS) is 34.9. The minimum atomic E-state index is 0.409. The lowest BCUT2D eigenvalue weighted by Crippen LogP contribution is -2.32. The molecule has 0 spiro atoms. The number of rotatable bonds is 6. The number of hydrogen-bond acceptors (Lipinski definition) is 3. The average molecular weight is 228 g/mol. The van der Waals surface area contributed by atoms with Gasteiger partial charge in [-0.1, -0.05) is 6.92 Å². The van der Waals surface area contributed by atoms with Gasteiger partial charge in [0.2, 0.25) is 0 Å². The highest BCUT2D eigenvalue weighted by molar-refractivity contribution is 4.85. The molecular weight excluding hydrogens is 200 g/mol. The van der Waals surface area contributed by atoms with Crippen LogP contribution < -0.4 is 5.32 Å². The number of nitrogens with one attached hydrogen (secondary N) is 1. The molecular formula is C13H28N2O. The summed E-state index contributed by atoms with van der Waals surface area (Å²) in [6, 6.07) is 0. The summed E-state index contributed by atoms with van der Waals surface area (Å²) in [5, 5.41) is 3.56. The van der Waals surface area contributed by atoms with E-state index in [0.717, 1.165) is 19.6 Å². The SMILES string of the molecule is CC1OC(C)C(CNCCCN(C)C)C1C. The van der Waals surface area contributed by atoms with Crippen LogP contribution in [-0.2, 0) is 4.74 Å². The first-order valence-corrected chi connectivity index (χ1v) is 6.53. The van der Waals surface area contributed by atoms with Gasteiger partial charge >= 0.3 is 0 Å². The summed E-state index contributed by atoms with van der Waals surface area (Å²) in [6.07, 6.45) is 2.05. The second-order valence-electron chi connectivity index (χ2n) is 5.43. The monoisotopic (exact) mass is 228 g/mol. The molecule has 1 fully saturated rings. The minimum absolute atomic E-state index is 0.409. The van der Waals surface area contributed by atoms with Crippen molar-refractivity contribution in [2.24, 2.45) is 11.8 Å². The fourth-order valence-corrected chi connectivity index (χ4v) is 2.48. The van der Waals surface area contributed by atoms with E-state index < -0.39 is 0 Å². The molecule has 1 N–H and O–H groups in total. The predicted molar refractivity (Wildman–Crippen MR) is 68.7 cm³/mol. The van der Waals surface area contributed by atoms with E-state index in [1.54, 1.807) is 0 Å². The molecule has 0 aromatic carbocycles. The van der Waals surface area contributed by atoms with Crippen molar-refractivity contribution in [2.75, 3.05) is 33.7 Å². The van der Waals surface area contributed by atoms with E-state index in [0.29, 0.717) is 24.0 Å². The maximum Gasteiger partial charge on any atom is 0.0594 e. The van der Waals surface area contributed by atoms with E-state index in [4.69, 9.17) is 4.74 Å². The van der Waals surface area contributed by atoms with Gasteiger partial charge in [0.15, 0.2) is 0 Å². The first-order chi connectivity index (χ1) is 7.52. The molecule has 1 aliphatic heterocycles. The fourth-order valence-electron chi connectivity index (χ4n) is 2.48. The Morgan fingerprint density at radius 2 is 1.81 bits per heavy atom. The van der Waals surface area contributed by atoms with Gasteiger partial charge in [-0.15, -0.1) is 0 Å². The molecule has 0 bridgehead atoms. The smallest absolute Gasteiger partial charge is 0.0594 e. The molecule has 1 saturated heterocycles. The van der Waals surface area contributed by atoms with Crippen molar-refractivity contribution in [3.05, 3.63) is 0 Å². The molecule has 0 aliphatic carbocycles. The van der Waals surface area contributed by atoms with Crippen molar-refractivity contribution in [2.45, 2.75) is 39.4 Å². The number of nitrogens with zero attached hydrogens (tertiary/aromatic N) is 1. The Balaban J connectivity index is 2.13. The molecule has 0 saturated carbocycles. The van der Waals surface area contributed by atoms with Crippen molar-refractivity contribution in [3.8, 4) is 0 Å². The van der Waals surface area contributed by atoms with Gasteiger partial charge in [0, 0.05) is 12.5 Å². The number of ether oxygens (including phenoxy) is 1. The van der Waals surface area contributed by atoms with Crippen LogP contribution in [-0.4, -0.2) is 50.8 Å². The summed E-state index contributed by atoms with van der Waals surface area (Å²) >= 11 is 0. The van der Waals surface area contributed by atoms with Gasteiger partial charge in [-0.05, 0) is 53.4 Å². The Hall–Kier alpha value is -0.120. The lowest BCUT2D eigenvalue weighted by molar-refractivity contribution is 0.0511. The maximum atomic E-state index is 5.83. The van der Waals surface area contributed by atoms with Crippen LogP contribution in [0.3, 0.4) is 0 Å². The van der Waals surface area contributed by atoms with E-state index in [1.165, 1.54) is 6.42 Å². The summed E-state index contributed by atoms with van der Waals surface area (Å²) in [6.45, 7) is 10.1. The van der Waals surface area contributed by atoms with Gasteiger partial charge in [0.25, 0.3) is 0 Å². The third kappa shape index (κ3) is 4.04. The summed E-state index contributed by atoms with van der Waals surface area (Å²) in [5.41, 5.74) is 0. The van der Waals surface area contributed by atoms with Crippen LogP contribution in [0, 0.1) is 11.8 Å². The standard InChI is InChI=1S/C13H28N2O/c1-10-11(2)16-12(3)13(10)9-14-7-6-8-15(4)5/h10-14H,6-9H2,1-5H3. The highest BCUT2D eigenvalue weighted by atomic mass is 16.5. The van der Waals surface area contributed by atoms with Crippen molar-refractivity contribution in [3.63, 3.8) is 0 Å². The minimum Gasteiger partial charge on any atom is -0.375 e. The van der Waals surface area contributed by atoms with Crippen molar-refractivity contribution >= 4 is 0 Å². The summed E-state index contributed by atoms with van der Waals surface area (Å²) < 4.78 is 5.83. The second kappa shape index (κ2) is 6.58. The Labute approximate surface area is 101 Å². The van der Waals surface area contributed by atoms with E-state index in [2.05, 4.69) is 45.1 Å². The zero-order valence-electron chi connectivity index (χ0n) is 11.5. The van der Waals surface area contributed by atoms with Crippen LogP contribution >= 0.6 is 0 Å². The first kappa shape index (κ1) is 13.9. The van der Waals surface area contributed by atoms with Gasteiger partial charge in [-0.2, -0.15) is 0 Å². The average Bonchev–Trinajstić information content (AvgIpc) is 2.43. The van der Waals surface area contributed by atoms with Crippen molar-refractivity contribution in [1.29, 1.82) is 0 Å². The van der Waals surface area contributed by atoms with Crippen LogP contribution in [0.5, 0.6) is 0 Å². The lowest BCUT2D eigenvalue weighted by atomic mass is 9.89. The summed E-state index contributed by atoms with van der Waals surface area (Å²) in [4.78, 5) is 2.23.